The van der Waals surface area contributed by atoms with E-state index in [4.69, 9.17) is 18.9 Å². The van der Waals surface area contributed by atoms with Crippen molar-refractivity contribution in [2.45, 2.75) is 150 Å². The fourth-order valence-electron chi connectivity index (χ4n) is 10.9. The van der Waals surface area contributed by atoms with E-state index in [-0.39, 0.29) is 24.6 Å². The van der Waals surface area contributed by atoms with Crippen molar-refractivity contribution in [3.05, 3.63) is 12.2 Å². The Hall–Kier alpha value is -1.40. The summed E-state index contributed by atoms with van der Waals surface area (Å²) in [5.74, 6) is 5.18. The van der Waals surface area contributed by atoms with Gasteiger partial charge in [0.1, 0.15) is 18.8 Å². The van der Waals surface area contributed by atoms with Gasteiger partial charge in [-0.15, -0.1) is 0 Å². The Morgan fingerprint density at radius 3 is 2.35 bits per heavy atom. The van der Waals surface area contributed by atoms with Crippen LogP contribution in [0, 0.1) is 52.3 Å². The molecule has 0 radical (unpaired) electrons. The third-order valence-corrected chi connectivity index (χ3v) is 13.0. The lowest BCUT2D eigenvalue weighted by atomic mass is 9.44. The molecule has 1 unspecified atom stereocenters. The van der Waals surface area contributed by atoms with E-state index in [9.17, 15) is 9.59 Å². The maximum atomic E-state index is 11.6. The Kier molecular flexibility index (Phi) is 10.4. The van der Waals surface area contributed by atoms with Crippen molar-refractivity contribution in [2.75, 3.05) is 6.61 Å². The number of ether oxygens (including phenoxy) is 4. The van der Waals surface area contributed by atoms with Crippen LogP contribution in [0.1, 0.15) is 126 Å². The lowest BCUT2D eigenvalue weighted by Gasteiger charge is -2.61. The van der Waals surface area contributed by atoms with E-state index in [0.29, 0.717) is 16.7 Å². The van der Waals surface area contributed by atoms with Crippen LogP contribution in [0.5, 0.6) is 0 Å². The molecule has 5 aliphatic rings. The quantitative estimate of drug-likeness (QED) is 0.186. The molecule has 43 heavy (non-hydrogen) atoms. The molecule has 0 N–H and O–H groups in total. The van der Waals surface area contributed by atoms with Crippen LogP contribution in [0.3, 0.4) is 0 Å². The number of hydrogen-bond acceptors (Lipinski definition) is 6. The van der Waals surface area contributed by atoms with Crippen molar-refractivity contribution < 1.29 is 28.5 Å². The van der Waals surface area contributed by atoms with Gasteiger partial charge in [-0.25, -0.2) is 0 Å². The lowest BCUT2D eigenvalue weighted by molar-refractivity contribution is -0.223. The highest BCUT2D eigenvalue weighted by molar-refractivity contribution is 5.66. The van der Waals surface area contributed by atoms with Crippen molar-refractivity contribution in [3.63, 3.8) is 0 Å². The maximum Gasteiger partial charge on any atom is 0.303 e. The molecule has 5 rings (SSSR count). The Morgan fingerprint density at radius 2 is 1.63 bits per heavy atom. The van der Waals surface area contributed by atoms with E-state index in [1.165, 1.54) is 78.1 Å². The minimum Gasteiger partial charge on any atom is -0.463 e. The molecule has 1 aliphatic heterocycles. The first-order valence-corrected chi connectivity index (χ1v) is 17.7. The molecule has 12 atom stereocenters. The summed E-state index contributed by atoms with van der Waals surface area (Å²) in [6.45, 7) is 15.4. The normalized spacial score (nSPS) is 42.9. The molecule has 0 aromatic rings. The van der Waals surface area contributed by atoms with Gasteiger partial charge in [0.15, 0.2) is 6.29 Å². The molecule has 4 fully saturated rings. The molecular weight excluding hydrogens is 540 g/mol. The Balaban J connectivity index is 1.18. The third kappa shape index (κ3) is 7.05. The second kappa shape index (κ2) is 13.5. The van der Waals surface area contributed by atoms with Crippen LogP contribution in [0.2, 0.25) is 0 Å². The van der Waals surface area contributed by atoms with Crippen LogP contribution >= 0.6 is 0 Å². The molecule has 4 aliphatic carbocycles. The fourth-order valence-corrected chi connectivity index (χ4v) is 10.9. The largest absolute Gasteiger partial charge is 0.463 e. The van der Waals surface area contributed by atoms with Gasteiger partial charge in [0.25, 0.3) is 0 Å². The topological polar surface area (TPSA) is 71.1 Å². The van der Waals surface area contributed by atoms with E-state index < -0.39 is 18.5 Å². The molecule has 244 valence electrons. The predicted molar refractivity (Wildman–Crippen MR) is 168 cm³/mol. The molecule has 0 bridgehead atoms. The Bertz CT molecular complexity index is 1010. The first kappa shape index (κ1) is 33.0. The molecule has 0 spiro atoms. The summed E-state index contributed by atoms with van der Waals surface area (Å²) in [7, 11) is 0. The number of esters is 2. The van der Waals surface area contributed by atoms with Crippen LogP contribution < -0.4 is 0 Å². The van der Waals surface area contributed by atoms with Crippen LogP contribution in [0.25, 0.3) is 0 Å². The highest BCUT2D eigenvalue weighted by atomic mass is 16.7. The van der Waals surface area contributed by atoms with Crippen molar-refractivity contribution >= 4 is 11.9 Å². The van der Waals surface area contributed by atoms with Gasteiger partial charge in [-0.1, -0.05) is 53.9 Å². The maximum absolute atomic E-state index is 11.6. The predicted octanol–water partition coefficient (Wildman–Crippen LogP) is 8.27. The molecule has 6 nitrogen and oxygen atoms in total. The second-order valence-electron chi connectivity index (χ2n) is 16.0. The zero-order valence-corrected chi connectivity index (χ0v) is 28.1. The van der Waals surface area contributed by atoms with Gasteiger partial charge < -0.3 is 18.9 Å². The summed E-state index contributed by atoms with van der Waals surface area (Å²) in [6.07, 6.45) is 18.2. The summed E-state index contributed by atoms with van der Waals surface area (Å²) < 4.78 is 23.3. The van der Waals surface area contributed by atoms with Crippen LogP contribution in [-0.4, -0.2) is 43.1 Å². The molecule has 6 heteroatoms. The molecular formula is C37H60O6. The monoisotopic (exact) mass is 600 g/mol. The van der Waals surface area contributed by atoms with E-state index >= 15 is 0 Å². The number of hydrogen-bond donors (Lipinski definition) is 0. The zero-order valence-electron chi connectivity index (χ0n) is 28.1. The Morgan fingerprint density at radius 1 is 0.884 bits per heavy atom. The molecule has 0 saturated heterocycles. The van der Waals surface area contributed by atoms with Crippen molar-refractivity contribution in [1.82, 2.24) is 0 Å². The summed E-state index contributed by atoms with van der Waals surface area (Å²) in [5.41, 5.74) is 0.950. The van der Waals surface area contributed by atoms with Gasteiger partial charge in [-0.2, -0.15) is 0 Å². The van der Waals surface area contributed by atoms with Crippen molar-refractivity contribution in [3.8, 4) is 0 Å². The minimum absolute atomic E-state index is 0.0313. The third-order valence-electron chi connectivity index (χ3n) is 13.0. The second-order valence-corrected chi connectivity index (χ2v) is 16.0. The van der Waals surface area contributed by atoms with Crippen LogP contribution in [-0.2, 0) is 28.5 Å². The number of rotatable bonds is 10. The van der Waals surface area contributed by atoms with Gasteiger partial charge in [0.2, 0.25) is 0 Å². The molecule has 0 amide bonds. The van der Waals surface area contributed by atoms with Gasteiger partial charge in [0, 0.05) is 13.8 Å². The highest BCUT2D eigenvalue weighted by Gasteiger charge is 2.60. The number of fused-ring (bicyclic) bond motifs is 5. The van der Waals surface area contributed by atoms with Crippen LogP contribution in [0.4, 0.5) is 0 Å². The molecule has 0 aromatic carbocycles. The molecule has 4 saturated carbocycles. The van der Waals surface area contributed by atoms with E-state index in [1.54, 1.807) is 0 Å². The van der Waals surface area contributed by atoms with Gasteiger partial charge in [0.05, 0.1) is 6.10 Å². The first-order chi connectivity index (χ1) is 20.4. The lowest BCUT2D eigenvalue weighted by Crippen LogP contribution is -2.54. The SMILES string of the molecule is CC(=O)OC[C@H]1O[C@H](O[C@H]2CC[C@@]3(C)C(CC[C@H]4[C@@H]5CC[C@H]([C@H](C)CCCC(C)C)[C@@]5(C)CC[C@@H]43)C2)C=C[C@@H]1OC(C)=O. The van der Waals surface area contributed by atoms with E-state index in [2.05, 4.69) is 34.6 Å². The number of carbonyl (C=O) groups is 2. The average molecular weight is 601 g/mol. The van der Waals surface area contributed by atoms with Gasteiger partial charge >= 0.3 is 11.9 Å². The zero-order chi connectivity index (χ0) is 30.9. The standard InChI is InChI=1S/C37H60O6/c1-23(2)9-8-10-24(3)30-13-14-31-29-12-11-27-21-28(17-19-36(27,6)32(29)18-20-37(30,31)7)42-35-16-15-33(41-26(5)39)34(43-35)22-40-25(4)38/h15-16,23-24,27-35H,8-14,17-22H2,1-7H3/t24-,27?,28+,29+,30-,31+,32+,33+,34-,35+,36+,37-/m1/s1. The summed E-state index contributed by atoms with van der Waals surface area (Å²) in [5, 5.41) is 0. The minimum atomic E-state index is -0.586. The molecule has 0 aromatic heterocycles. The molecule has 1 heterocycles. The highest BCUT2D eigenvalue weighted by Crippen LogP contribution is 2.68. The summed E-state index contributed by atoms with van der Waals surface area (Å²) in [4.78, 5) is 23.0. The van der Waals surface area contributed by atoms with Crippen molar-refractivity contribution in [1.29, 1.82) is 0 Å². The fraction of sp³-hybridized carbons (Fsp3) is 0.892. The average Bonchev–Trinajstić information content (AvgIpc) is 3.30. The van der Waals surface area contributed by atoms with E-state index in [0.717, 1.165) is 48.3 Å². The smallest absolute Gasteiger partial charge is 0.303 e. The van der Waals surface area contributed by atoms with Crippen molar-refractivity contribution in [2.24, 2.45) is 52.3 Å². The summed E-state index contributed by atoms with van der Waals surface area (Å²) >= 11 is 0. The van der Waals surface area contributed by atoms with E-state index in [1.807, 2.05) is 12.2 Å². The van der Waals surface area contributed by atoms with Gasteiger partial charge in [-0.05, 0) is 122 Å². The number of carbonyl (C=O) groups excluding carboxylic acids is 2. The van der Waals surface area contributed by atoms with Gasteiger partial charge in [-0.3, -0.25) is 9.59 Å². The first-order valence-electron chi connectivity index (χ1n) is 17.7. The Labute approximate surface area is 261 Å². The van der Waals surface area contributed by atoms with Crippen LogP contribution in [0.15, 0.2) is 12.2 Å². The summed E-state index contributed by atoms with van der Waals surface area (Å²) in [6, 6.07) is 0.